The number of ether oxygens (including phenoxy) is 1. The molecule has 0 aromatic heterocycles. The quantitative estimate of drug-likeness (QED) is 0.740. The number of sulfonamides is 1. The molecule has 0 spiro atoms. The molecule has 0 radical (unpaired) electrons. The van der Waals surface area contributed by atoms with Crippen molar-refractivity contribution in [2.24, 2.45) is 0 Å². The van der Waals surface area contributed by atoms with Crippen LogP contribution in [-0.2, 0) is 26.0 Å². The van der Waals surface area contributed by atoms with E-state index in [9.17, 15) is 18.0 Å². The van der Waals surface area contributed by atoms with Crippen LogP contribution in [0.3, 0.4) is 0 Å². The van der Waals surface area contributed by atoms with Crippen LogP contribution >= 0.6 is 0 Å². The first-order valence-electron chi connectivity index (χ1n) is 10.3. The Kier molecular flexibility index (Phi) is 5.97. The van der Waals surface area contributed by atoms with Gasteiger partial charge in [0.1, 0.15) is 12.3 Å². The van der Waals surface area contributed by atoms with E-state index in [-0.39, 0.29) is 29.7 Å². The zero-order valence-electron chi connectivity index (χ0n) is 17.3. The summed E-state index contributed by atoms with van der Waals surface area (Å²) in [4.78, 5) is 26.8. The Morgan fingerprint density at radius 2 is 1.87 bits per heavy atom. The molecule has 9 heteroatoms. The average molecular weight is 444 g/mol. The number of rotatable bonds is 6. The van der Waals surface area contributed by atoms with Crippen LogP contribution in [-0.4, -0.2) is 51.3 Å². The summed E-state index contributed by atoms with van der Waals surface area (Å²) in [6.45, 7) is 0.921. The van der Waals surface area contributed by atoms with Crippen molar-refractivity contribution in [3.63, 3.8) is 0 Å². The lowest BCUT2D eigenvalue weighted by molar-refractivity contribution is -0.121. The molecule has 1 fully saturated rings. The van der Waals surface area contributed by atoms with Crippen LogP contribution in [0.4, 0.5) is 11.4 Å². The van der Waals surface area contributed by atoms with Gasteiger partial charge in [-0.25, -0.2) is 8.42 Å². The highest BCUT2D eigenvalue weighted by atomic mass is 32.2. The third-order valence-electron chi connectivity index (χ3n) is 5.61. The van der Waals surface area contributed by atoms with Crippen molar-refractivity contribution in [3.8, 4) is 5.75 Å². The summed E-state index contributed by atoms with van der Waals surface area (Å²) >= 11 is 0. The topological polar surface area (TPSA) is 96.0 Å². The molecule has 164 valence electrons. The van der Waals surface area contributed by atoms with E-state index in [2.05, 4.69) is 5.32 Å². The van der Waals surface area contributed by atoms with Gasteiger partial charge in [0.25, 0.3) is 0 Å². The monoisotopic (exact) mass is 443 g/mol. The summed E-state index contributed by atoms with van der Waals surface area (Å²) in [5.41, 5.74) is 1.91. The number of benzene rings is 2. The minimum absolute atomic E-state index is 0.152. The Labute approximate surface area is 181 Å². The summed E-state index contributed by atoms with van der Waals surface area (Å²) in [6.07, 6.45) is 2.42. The van der Waals surface area contributed by atoms with Crippen molar-refractivity contribution in [3.05, 3.63) is 48.0 Å². The summed E-state index contributed by atoms with van der Waals surface area (Å²) in [7, 11) is -1.99. The third kappa shape index (κ3) is 4.42. The molecule has 0 saturated carbocycles. The van der Waals surface area contributed by atoms with Gasteiger partial charge in [-0.15, -0.1) is 0 Å². The highest BCUT2D eigenvalue weighted by Crippen LogP contribution is 2.31. The minimum atomic E-state index is -3.53. The Morgan fingerprint density at radius 1 is 1.10 bits per heavy atom. The van der Waals surface area contributed by atoms with Crippen LogP contribution in [0.15, 0.2) is 47.4 Å². The van der Waals surface area contributed by atoms with E-state index in [0.717, 1.165) is 18.4 Å². The lowest BCUT2D eigenvalue weighted by Crippen LogP contribution is -2.41. The molecule has 0 unspecified atom stereocenters. The number of hydrogen-bond donors (Lipinski definition) is 1. The lowest BCUT2D eigenvalue weighted by atomic mass is 10.0. The summed E-state index contributed by atoms with van der Waals surface area (Å²) in [6, 6.07) is 11.8. The van der Waals surface area contributed by atoms with Crippen LogP contribution in [0.2, 0.25) is 0 Å². The second-order valence-electron chi connectivity index (χ2n) is 7.66. The summed E-state index contributed by atoms with van der Waals surface area (Å²) in [5, 5.41) is 2.77. The highest BCUT2D eigenvalue weighted by Gasteiger charge is 2.31. The number of fused-ring (bicyclic) bond motifs is 1. The van der Waals surface area contributed by atoms with Gasteiger partial charge in [0.2, 0.25) is 21.8 Å². The molecule has 1 N–H and O–H groups in total. The molecule has 8 nitrogen and oxygen atoms in total. The van der Waals surface area contributed by atoms with Crippen LogP contribution < -0.4 is 15.0 Å². The minimum Gasteiger partial charge on any atom is -0.497 e. The van der Waals surface area contributed by atoms with Gasteiger partial charge in [-0.3, -0.25) is 9.59 Å². The van der Waals surface area contributed by atoms with Crippen LogP contribution in [0, 0.1) is 0 Å². The molecule has 31 heavy (non-hydrogen) atoms. The lowest BCUT2D eigenvalue weighted by Gasteiger charge is -2.29. The first-order valence-corrected chi connectivity index (χ1v) is 11.7. The van der Waals surface area contributed by atoms with Gasteiger partial charge < -0.3 is 15.0 Å². The molecule has 1 saturated heterocycles. The van der Waals surface area contributed by atoms with Gasteiger partial charge in [-0.1, -0.05) is 6.07 Å². The second-order valence-corrected chi connectivity index (χ2v) is 9.60. The first kappa shape index (κ1) is 21.3. The van der Waals surface area contributed by atoms with E-state index in [0.29, 0.717) is 36.6 Å². The number of carbonyl (C=O) groups is 2. The number of hydrogen-bond acceptors (Lipinski definition) is 5. The SMILES string of the molecule is COc1cccc(NC(=O)CN2C(=O)CCc3cc(S(=O)(=O)N4CCCC4)ccc32)c1. The van der Waals surface area contributed by atoms with Crippen LogP contribution in [0.1, 0.15) is 24.8 Å². The Morgan fingerprint density at radius 3 is 2.61 bits per heavy atom. The van der Waals surface area contributed by atoms with Gasteiger partial charge in [0, 0.05) is 37.0 Å². The van der Waals surface area contributed by atoms with E-state index in [1.165, 1.54) is 15.3 Å². The molecule has 4 rings (SSSR count). The second kappa shape index (κ2) is 8.68. The average Bonchev–Trinajstić information content (AvgIpc) is 3.31. The van der Waals surface area contributed by atoms with Gasteiger partial charge >= 0.3 is 0 Å². The largest absolute Gasteiger partial charge is 0.497 e. The smallest absolute Gasteiger partial charge is 0.244 e. The van der Waals surface area contributed by atoms with Crippen molar-refractivity contribution in [1.82, 2.24) is 4.31 Å². The Hall–Kier alpha value is -2.91. The van der Waals surface area contributed by atoms with Crippen molar-refractivity contribution >= 4 is 33.2 Å². The number of nitrogens with zero attached hydrogens (tertiary/aromatic N) is 2. The van der Waals surface area contributed by atoms with Crippen molar-refractivity contribution < 1.29 is 22.7 Å². The third-order valence-corrected chi connectivity index (χ3v) is 7.50. The fourth-order valence-corrected chi connectivity index (χ4v) is 5.56. The van der Waals surface area contributed by atoms with Gasteiger partial charge in [0.15, 0.2) is 0 Å². The summed E-state index contributed by atoms with van der Waals surface area (Å²) in [5.74, 6) is 0.107. The maximum atomic E-state index is 12.9. The van der Waals surface area contributed by atoms with Crippen molar-refractivity contribution in [2.75, 3.05) is 37.0 Å². The van der Waals surface area contributed by atoms with E-state index < -0.39 is 10.0 Å². The number of methoxy groups -OCH3 is 1. The van der Waals surface area contributed by atoms with E-state index in [4.69, 9.17) is 4.74 Å². The predicted octanol–water partition coefficient (Wildman–Crippen LogP) is 2.40. The van der Waals surface area contributed by atoms with Gasteiger partial charge in [0.05, 0.1) is 12.0 Å². The van der Waals surface area contributed by atoms with Crippen LogP contribution in [0.5, 0.6) is 5.75 Å². The maximum Gasteiger partial charge on any atom is 0.244 e. The zero-order valence-corrected chi connectivity index (χ0v) is 18.2. The molecule has 2 aromatic rings. The van der Waals surface area contributed by atoms with Crippen molar-refractivity contribution in [1.29, 1.82) is 0 Å². The molecule has 2 amide bonds. The van der Waals surface area contributed by atoms with E-state index in [1.54, 1.807) is 43.5 Å². The molecular formula is C22H25N3O5S. The molecule has 2 aliphatic rings. The standard InChI is InChI=1S/C22H25N3O5S/c1-30-18-6-4-5-17(14-18)23-21(26)15-25-20-9-8-19(13-16(20)7-10-22(25)27)31(28,29)24-11-2-3-12-24/h4-6,8-9,13-14H,2-3,7,10-12,15H2,1H3,(H,23,26). The molecule has 2 aliphatic heterocycles. The molecule has 2 heterocycles. The number of aryl methyl sites for hydroxylation is 1. The normalized spacial score (nSPS) is 16.8. The van der Waals surface area contributed by atoms with Crippen molar-refractivity contribution in [2.45, 2.75) is 30.6 Å². The van der Waals surface area contributed by atoms with Gasteiger partial charge in [-0.05, 0) is 55.2 Å². The molecule has 0 bridgehead atoms. The molecule has 2 aromatic carbocycles. The summed E-state index contributed by atoms with van der Waals surface area (Å²) < 4.78 is 32.4. The van der Waals surface area contributed by atoms with Crippen LogP contribution in [0.25, 0.3) is 0 Å². The predicted molar refractivity (Wildman–Crippen MR) is 117 cm³/mol. The molecule has 0 aliphatic carbocycles. The maximum absolute atomic E-state index is 12.9. The molecule has 0 atom stereocenters. The van der Waals surface area contributed by atoms with Gasteiger partial charge in [-0.2, -0.15) is 4.31 Å². The number of amides is 2. The zero-order chi connectivity index (χ0) is 22.0. The fraction of sp³-hybridized carbons (Fsp3) is 0.364. The number of carbonyl (C=O) groups excluding carboxylic acids is 2. The molecular weight excluding hydrogens is 418 g/mol. The number of nitrogens with one attached hydrogen (secondary N) is 1. The Balaban J connectivity index is 1.53. The number of anilines is 2. The highest BCUT2D eigenvalue weighted by molar-refractivity contribution is 7.89. The van der Waals surface area contributed by atoms with E-state index >= 15 is 0 Å². The van der Waals surface area contributed by atoms with E-state index in [1.807, 2.05) is 0 Å². The fourth-order valence-electron chi connectivity index (χ4n) is 3.99. The Bertz CT molecular complexity index is 1110. The first-order chi connectivity index (χ1) is 14.9.